The van der Waals surface area contributed by atoms with Gasteiger partial charge in [-0.15, -0.1) is 0 Å². The fourth-order valence-electron chi connectivity index (χ4n) is 1.65. The van der Waals surface area contributed by atoms with Gasteiger partial charge in [-0.25, -0.2) is 14.8 Å². The van der Waals surface area contributed by atoms with Crippen LogP contribution in [0, 0.1) is 0 Å². The lowest BCUT2D eigenvalue weighted by Gasteiger charge is -2.06. The number of pyridine rings is 1. The average molecular weight is 276 g/mol. The van der Waals surface area contributed by atoms with Crippen LogP contribution in [0.25, 0.3) is 0 Å². The molecular formula is C14H16N2O4. The lowest BCUT2D eigenvalue weighted by Crippen LogP contribution is -2.09. The van der Waals surface area contributed by atoms with Crippen LogP contribution < -0.4 is 4.74 Å². The molecule has 0 saturated heterocycles. The van der Waals surface area contributed by atoms with Gasteiger partial charge in [0.05, 0.1) is 7.11 Å². The van der Waals surface area contributed by atoms with Crippen LogP contribution in [0.3, 0.4) is 0 Å². The van der Waals surface area contributed by atoms with Crippen LogP contribution in [0.15, 0.2) is 29.1 Å². The maximum Gasteiger partial charge on any atom is 0.360 e. The Hall–Kier alpha value is -2.37. The number of esters is 1. The molecule has 0 amide bonds. The summed E-state index contributed by atoms with van der Waals surface area (Å²) in [7, 11) is 1.54. The van der Waals surface area contributed by atoms with E-state index in [9.17, 15) is 4.79 Å². The summed E-state index contributed by atoms with van der Waals surface area (Å²) in [4.78, 5) is 19.9. The van der Waals surface area contributed by atoms with Gasteiger partial charge < -0.3 is 13.9 Å². The van der Waals surface area contributed by atoms with Gasteiger partial charge in [-0.2, -0.15) is 0 Å². The van der Waals surface area contributed by atoms with Gasteiger partial charge in [-0.1, -0.05) is 13.8 Å². The Morgan fingerprint density at radius 1 is 1.35 bits per heavy atom. The highest BCUT2D eigenvalue weighted by atomic mass is 16.5. The number of hydrogen-bond acceptors (Lipinski definition) is 6. The van der Waals surface area contributed by atoms with Crippen molar-refractivity contribution in [2.24, 2.45) is 0 Å². The molecule has 0 aliphatic heterocycles. The molecule has 0 spiro atoms. The highest BCUT2D eigenvalue weighted by Crippen LogP contribution is 2.19. The first-order chi connectivity index (χ1) is 9.61. The van der Waals surface area contributed by atoms with E-state index < -0.39 is 5.97 Å². The van der Waals surface area contributed by atoms with Crippen LogP contribution in [-0.4, -0.2) is 23.0 Å². The lowest BCUT2D eigenvalue weighted by atomic mass is 10.1. The summed E-state index contributed by atoms with van der Waals surface area (Å²) in [5, 5.41) is 0. The first-order valence-corrected chi connectivity index (χ1v) is 6.21. The van der Waals surface area contributed by atoms with E-state index in [-0.39, 0.29) is 18.2 Å². The fourth-order valence-corrected chi connectivity index (χ4v) is 1.65. The molecule has 0 N–H and O–H groups in total. The van der Waals surface area contributed by atoms with Crippen LogP contribution in [0.2, 0.25) is 0 Å². The monoisotopic (exact) mass is 276 g/mol. The molecule has 2 aromatic rings. The number of rotatable bonds is 5. The van der Waals surface area contributed by atoms with Gasteiger partial charge in [0.25, 0.3) is 0 Å². The minimum Gasteiger partial charge on any atom is -0.481 e. The molecule has 2 rings (SSSR count). The van der Waals surface area contributed by atoms with Gasteiger partial charge in [0.15, 0.2) is 12.1 Å². The molecule has 0 saturated carbocycles. The zero-order valence-corrected chi connectivity index (χ0v) is 11.6. The molecule has 2 heterocycles. The summed E-state index contributed by atoms with van der Waals surface area (Å²) in [6, 6.07) is 3.49. The molecular weight excluding hydrogens is 260 g/mol. The largest absolute Gasteiger partial charge is 0.481 e. The van der Waals surface area contributed by atoms with E-state index in [1.165, 1.54) is 6.39 Å². The van der Waals surface area contributed by atoms with Gasteiger partial charge >= 0.3 is 5.97 Å². The van der Waals surface area contributed by atoms with Crippen molar-refractivity contribution in [1.29, 1.82) is 0 Å². The zero-order chi connectivity index (χ0) is 14.5. The van der Waals surface area contributed by atoms with Crippen molar-refractivity contribution in [3.05, 3.63) is 41.7 Å². The number of methoxy groups -OCH3 is 1. The van der Waals surface area contributed by atoms with E-state index in [4.69, 9.17) is 13.9 Å². The van der Waals surface area contributed by atoms with Crippen molar-refractivity contribution in [1.82, 2.24) is 9.97 Å². The number of aromatic nitrogens is 2. The Morgan fingerprint density at radius 2 is 2.15 bits per heavy atom. The highest BCUT2D eigenvalue weighted by molar-refractivity contribution is 5.88. The van der Waals surface area contributed by atoms with Crippen LogP contribution in [0.5, 0.6) is 5.88 Å². The standard InChI is InChI=1S/C14H16N2O4/c1-9(2)13-12(16-8-20-13)14(17)19-7-10-4-5-11(18-3)15-6-10/h4-6,8-9H,7H2,1-3H3. The van der Waals surface area contributed by atoms with Crippen LogP contribution in [0.4, 0.5) is 0 Å². The summed E-state index contributed by atoms with van der Waals surface area (Å²) in [5.41, 5.74) is 0.996. The molecule has 0 bridgehead atoms. The maximum absolute atomic E-state index is 11.9. The smallest absolute Gasteiger partial charge is 0.360 e. The van der Waals surface area contributed by atoms with Crippen molar-refractivity contribution in [2.45, 2.75) is 26.4 Å². The molecule has 6 nitrogen and oxygen atoms in total. The molecule has 106 valence electrons. The van der Waals surface area contributed by atoms with E-state index in [1.54, 1.807) is 25.4 Å². The van der Waals surface area contributed by atoms with Crippen molar-refractivity contribution in [3.63, 3.8) is 0 Å². The molecule has 2 aromatic heterocycles. The normalized spacial score (nSPS) is 10.6. The Balaban J connectivity index is 1.99. The molecule has 0 unspecified atom stereocenters. The number of nitrogens with zero attached hydrogens (tertiary/aromatic N) is 2. The second kappa shape index (κ2) is 6.18. The first kappa shape index (κ1) is 14.0. The molecule has 20 heavy (non-hydrogen) atoms. The van der Waals surface area contributed by atoms with Crippen molar-refractivity contribution >= 4 is 5.97 Å². The van der Waals surface area contributed by atoms with Gasteiger partial charge in [0.1, 0.15) is 12.4 Å². The van der Waals surface area contributed by atoms with E-state index in [2.05, 4.69) is 9.97 Å². The second-order valence-electron chi connectivity index (χ2n) is 4.50. The van der Waals surface area contributed by atoms with E-state index in [0.717, 1.165) is 5.56 Å². The van der Waals surface area contributed by atoms with Crippen LogP contribution >= 0.6 is 0 Å². The molecule has 6 heteroatoms. The topological polar surface area (TPSA) is 74.5 Å². The zero-order valence-electron chi connectivity index (χ0n) is 11.6. The molecule has 0 radical (unpaired) electrons. The quantitative estimate of drug-likeness (QED) is 0.781. The van der Waals surface area contributed by atoms with Gasteiger partial charge in [0, 0.05) is 23.7 Å². The Bertz CT molecular complexity index is 575. The molecule has 0 fully saturated rings. The predicted molar refractivity (Wildman–Crippen MR) is 70.5 cm³/mol. The minimum atomic E-state index is -0.502. The molecule has 0 atom stereocenters. The molecule has 0 aliphatic carbocycles. The average Bonchev–Trinajstić information content (AvgIpc) is 2.95. The molecule has 0 aromatic carbocycles. The summed E-state index contributed by atoms with van der Waals surface area (Å²) in [6.45, 7) is 3.97. The number of carbonyl (C=O) groups excluding carboxylic acids is 1. The van der Waals surface area contributed by atoms with Gasteiger partial charge in [-0.05, 0) is 6.07 Å². The maximum atomic E-state index is 11.9. The van der Waals surface area contributed by atoms with Gasteiger partial charge in [-0.3, -0.25) is 0 Å². The van der Waals surface area contributed by atoms with Gasteiger partial charge in [0.2, 0.25) is 5.88 Å². The van der Waals surface area contributed by atoms with Crippen molar-refractivity contribution in [2.75, 3.05) is 7.11 Å². The predicted octanol–water partition coefficient (Wildman–Crippen LogP) is 2.56. The third-order valence-corrected chi connectivity index (χ3v) is 2.69. The highest BCUT2D eigenvalue weighted by Gasteiger charge is 2.20. The lowest BCUT2D eigenvalue weighted by molar-refractivity contribution is 0.0463. The third kappa shape index (κ3) is 3.14. The Labute approximate surface area is 116 Å². The van der Waals surface area contributed by atoms with Crippen LogP contribution in [-0.2, 0) is 11.3 Å². The summed E-state index contributed by atoms with van der Waals surface area (Å²) < 4.78 is 15.3. The van der Waals surface area contributed by atoms with E-state index >= 15 is 0 Å². The van der Waals surface area contributed by atoms with Crippen molar-refractivity contribution < 1.29 is 18.7 Å². The molecule has 0 aliphatic rings. The fraction of sp³-hybridized carbons (Fsp3) is 0.357. The number of carbonyl (C=O) groups is 1. The third-order valence-electron chi connectivity index (χ3n) is 2.69. The number of ether oxygens (including phenoxy) is 2. The SMILES string of the molecule is COc1ccc(COC(=O)c2ncoc2C(C)C)cn1. The number of oxazole rings is 1. The van der Waals surface area contributed by atoms with E-state index in [0.29, 0.717) is 11.6 Å². The second-order valence-corrected chi connectivity index (χ2v) is 4.50. The van der Waals surface area contributed by atoms with Crippen molar-refractivity contribution in [3.8, 4) is 5.88 Å². The number of hydrogen-bond donors (Lipinski definition) is 0. The first-order valence-electron chi connectivity index (χ1n) is 6.21. The van der Waals surface area contributed by atoms with Crippen LogP contribution in [0.1, 0.15) is 41.6 Å². The Morgan fingerprint density at radius 3 is 2.75 bits per heavy atom. The summed E-state index contributed by atoms with van der Waals surface area (Å²) in [5.74, 6) is 0.613. The minimum absolute atomic E-state index is 0.0719. The summed E-state index contributed by atoms with van der Waals surface area (Å²) >= 11 is 0. The summed E-state index contributed by atoms with van der Waals surface area (Å²) in [6.07, 6.45) is 2.85. The Kier molecular flexibility index (Phi) is 4.34. The van der Waals surface area contributed by atoms with E-state index in [1.807, 2.05) is 13.8 Å².